The van der Waals surface area contributed by atoms with Crippen LogP contribution in [0.2, 0.25) is 0 Å². The third kappa shape index (κ3) is 3.72. The zero-order chi connectivity index (χ0) is 22.8. The molecule has 0 radical (unpaired) electrons. The van der Waals surface area contributed by atoms with Gasteiger partial charge in [0.2, 0.25) is 0 Å². The number of benzene rings is 2. The van der Waals surface area contributed by atoms with Crippen molar-refractivity contribution in [2.24, 2.45) is 7.05 Å². The molecule has 168 valence electrons. The van der Waals surface area contributed by atoms with Crippen molar-refractivity contribution in [2.45, 2.75) is 0 Å². The van der Waals surface area contributed by atoms with Gasteiger partial charge in [-0.2, -0.15) is 0 Å². The van der Waals surface area contributed by atoms with E-state index in [-0.39, 0.29) is 11.5 Å². The molecule has 1 aliphatic rings. The number of para-hydroxylation sites is 2. The van der Waals surface area contributed by atoms with E-state index in [9.17, 15) is 9.59 Å². The number of hydrogen-bond donors (Lipinski definition) is 0. The van der Waals surface area contributed by atoms with Crippen molar-refractivity contribution < 1.29 is 19.0 Å². The van der Waals surface area contributed by atoms with Crippen LogP contribution in [0.1, 0.15) is 10.4 Å². The monoisotopic (exact) mass is 437 g/mol. The third-order valence-corrected chi connectivity index (χ3v) is 5.91. The fourth-order valence-corrected chi connectivity index (χ4v) is 4.17. The second kappa shape index (κ2) is 8.82. The average Bonchev–Trinajstić information content (AvgIpc) is 2.85. The Hall–Kier alpha value is -3.68. The van der Waals surface area contributed by atoms with E-state index in [2.05, 4.69) is 4.90 Å². The van der Waals surface area contributed by atoms with Crippen molar-refractivity contribution in [2.75, 3.05) is 52.4 Å². The van der Waals surface area contributed by atoms with Crippen molar-refractivity contribution in [3.05, 3.63) is 58.5 Å². The van der Waals surface area contributed by atoms with Gasteiger partial charge in [0.05, 0.1) is 38.0 Å². The van der Waals surface area contributed by atoms with Crippen LogP contribution in [0.3, 0.4) is 0 Å². The number of nitrogens with zero attached hydrogens (tertiary/aromatic N) is 3. The van der Waals surface area contributed by atoms with Crippen LogP contribution in [0.4, 0.5) is 5.69 Å². The molecule has 1 saturated heterocycles. The zero-order valence-corrected chi connectivity index (χ0v) is 18.8. The summed E-state index contributed by atoms with van der Waals surface area (Å²) in [4.78, 5) is 30.3. The Morgan fingerprint density at radius 3 is 2.06 bits per heavy atom. The molecule has 0 N–H and O–H groups in total. The smallest absolute Gasteiger partial charge is 0.258 e. The number of carbonyl (C=O) groups excluding carboxylic acids is 1. The highest BCUT2D eigenvalue weighted by molar-refractivity contribution is 6.07. The standard InChI is InChI=1S/C24H27N3O5/c1-25-15-18(16-13-21(31-3)22(32-4)14-17(16)23(25)28)24(29)27-11-9-26(10-12-27)19-7-5-6-8-20(19)30-2/h5-8,13-15H,9-12H2,1-4H3. The van der Waals surface area contributed by atoms with Gasteiger partial charge in [-0.05, 0) is 24.3 Å². The quantitative estimate of drug-likeness (QED) is 0.611. The number of carbonyl (C=O) groups is 1. The van der Waals surface area contributed by atoms with Crippen LogP contribution in [-0.4, -0.2) is 62.9 Å². The van der Waals surface area contributed by atoms with Crippen LogP contribution < -0.4 is 24.7 Å². The molecule has 1 aromatic heterocycles. The molecular formula is C24H27N3O5. The summed E-state index contributed by atoms with van der Waals surface area (Å²) in [5, 5.41) is 0.978. The SMILES string of the molecule is COc1cc2c(C(=O)N3CCN(c4ccccc4OC)CC3)cn(C)c(=O)c2cc1OC. The molecule has 2 heterocycles. The first-order valence-electron chi connectivity index (χ1n) is 10.4. The number of rotatable bonds is 5. The number of hydrogen-bond acceptors (Lipinski definition) is 6. The first kappa shape index (κ1) is 21.5. The number of fused-ring (bicyclic) bond motifs is 1. The minimum atomic E-state index is -0.196. The Morgan fingerprint density at radius 1 is 0.844 bits per heavy atom. The number of pyridine rings is 1. The highest BCUT2D eigenvalue weighted by atomic mass is 16.5. The molecule has 0 unspecified atom stereocenters. The molecule has 0 atom stereocenters. The average molecular weight is 437 g/mol. The maximum atomic E-state index is 13.5. The van der Waals surface area contributed by atoms with E-state index in [1.54, 1.807) is 32.5 Å². The first-order chi connectivity index (χ1) is 15.5. The Bertz CT molecular complexity index is 1210. The molecule has 4 rings (SSSR count). The predicted octanol–water partition coefficient (Wildman–Crippen LogP) is 2.53. The van der Waals surface area contributed by atoms with Gasteiger partial charge in [-0.3, -0.25) is 9.59 Å². The fraction of sp³-hybridized carbons (Fsp3) is 0.333. The van der Waals surface area contributed by atoms with Gasteiger partial charge in [-0.1, -0.05) is 12.1 Å². The summed E-state index contributed by atoms with van der Waals surface area (Å²) in [5.74, 6) is 1.63. The largest absolute Gasteiger partial charge is 0.495 e. The normalized spacial score (nSPS) is 13.9. The lowest BCUT2D eigenvalue weighted by Crippen LogP contribution is -2.49. The zero-order valence-electron chi connectivity index (χ0n) is 18.8. The van der Waals surface area contributed by atoms with E-state index in [0.717, 1.165) is 11.4 Å². The number of aryl methyl sites for hydroxylation is 1. The number of amides is 1. The molecule has 3 aromatic rings. The maximum absolute atomic E-state index is 13.5. The molecule has 0 aliphatic carbocycles. The van der Waals surface area contributed by atoms with E-state index in [1.165, 1.54) is 18.8 Å². The number of aromatic nitrogens is 1. The molecule has 0 saturated carbocycles. The lowest BCUT2D eigenvalue weighted by atomic mass is 10.0. The van der Waals surface area contributed by atoms with E-state index in [0.29, 0.717) is 54.0 Å². The van der Waals surface area contributed by atoms with Gasteiger partial charge in [-0.25, -0.2) is 0 Å². The lowest BCUT2D eigenvalue weighted by Gasteiger charge is -2.36. The number of methoxy groups -OCH3 is 3. The lowest BCUT2D eigenvalue weighted by molar-refractivity contribution is 0.0748. The summed E-state index contributed by atoms with van der Waals surface area (Å²) in [6, 6.07) is 11.2. The van der Waals surface area contributed by atoms with Crippen molar-refractivity contribution in [1.29, 1.82) is 0 Å². The molecule has 8 heteroatoms. The Labute approximate surface area is 186 Å². The number of ether oxygens (including phenoxy) is 3. The second-order valence-electron chi connectivity index (χ2n) is 7.66. The van der Waals surface area contributed by atoms with Gasteiger partial charge < -0.3 is 28.6 Å². The van der Waals surface area contributed by atoms with E-state index < -0.39 is 0 Å². The van der Waals surface area contributed by atoms with Crippen molar-refractivity contribution in [3.8, 4) is 17.2 Å². The highest BCUT2D eigenvalue weighted by Crippen LogP contribution is 2.33. The highest BCUT2D eigenvalue weighted by Gasteiger charge is 2.26. The number of anilines is 1. The first-order valence-corrected chi connectivity index (χ1v) is 10.4. The summed E-state index contributed by atoms with van der Waals surface area (Å²) in [7, 11) is 6.36. The second-order valence-corrected chi connectivity index (χ2v) is 7.66. The Morgan fingerprint density at radius 2 is 1.44 bits per heavy atom. The topological polar surface area (TPSA) is 73.2 Å². The minimum absolute atomic E-state index is 0.113. The summed E-state index contributed by atoms with van der Waals surface area (Å²) in [6.45, 7) is 2.50. The van der Waals surface area contributed by atoms with Crippen LogP contribution in [0, 0.1) is 0 Å². The van der Waals surface area contributed by atoms with Crippen molar-refractivity contribution >= 4 is 22.4 Å². The van der Waals surface area contributed by atoms with Gasteiger partial charge >= 0.3 is 0 Å². The summed E-state index contributed by atoms with van der Waals surface area (Å²) < 4.78 is 17.7. The van der Waals surface area contributed by atoms with E-state index >= 15 is 0 Å². The summed E-state index contributed by atoms with van der Waals surface area (Å²) in [5.41, 5.74) is 1.29. The third-order valence-electron chi connectivity index (χ3n) is 5.91. The predicted molar refractivity (Wildman–Crippen MR) is 123 cm³/mol. The molecule has 1 aliphatic heterocycles. The molecule has 0 bridgehead atoms. The van der Waals surface area contributed by atoms with Crippen molar-refractivity contribution in [1.82, 2.24) is 9.47 Å². The van der Waals surface area contributed by atoms with Gasteiger partial charge in [0.25, 0.3) is 11.5 Å². The molecule has 0 spiro atoms. The number of piperazine rings is 1. The van der Waals surface area contributed by atoms with Gasteiger partial charge in [-0.15, -0.1) is 0 Å². The maximum Gasteiger partial charge on any atom is 0.258 e. The van der Waals surface area contributed by atoms with Gasteiger partial charge in [0.1, 0.15) is 5.75 Å². The van der Waals surface area contributed by atoms with E-state index in [4.69, 9.17) is 14.2 Å². The Balaban J connectivity index is 1.65. The molecule has 32 heavy (non-hydrogen) atoms. The van der Waals surface area contributed by atoms with Crippen LogP contribution in [-0.2, 0) is 7.05 Å². The van der Waals surface area contributed by atoms with Crippen LogP contribution in [0.15, 0.2) is 47.4 Å². The van der Waals surface area contributed by atoms with Gasteiger partial charge in [0, 0.05) is 44.8 Å². The van der Waals surface area contributed by atoms with Crippen LogP contribution in [0.25, 0.3) is 10.8 Å². The van der Waals surface area contributed by atoms with Crippen LogP contribution >= 0.6 is 0 Å². The molecule has 2 aromatic carbocycles. The summed E-state index contributed by atoms with van der Waals surface area (Å²) >= 11 is 0. The fourth-order valence-electron chi connectivity index (χ4n) is 4.17. The van der Waals surface area contributed by atoms with Crippen molar-refractivity contribution in [3.63, 3.8) is 0 Å². The summed E-state index contributed by atoms with van der Waals surface area (Å²) in [6.07, 6.45) is 1.60. The molecule has 8 nitrogen and oxygen atoms in total. The minimum Gasteiger partial charge on any atom is -0.495 e. The van der Waals surface area contributed by atoms with E-state index in [1.807, 2.05) is 29.2 Å². The molecule has 1 fully saturated rings. The molecular weight excluding hydrogens is 410 g/mol. The van der Waals surface area contributed by atoms with Crippen LogP contribution in [0.5, 0.6) is 17.2 Å². The Kier molecular flexibility index (Phi) is 5.94. The van der Waals surface area contributed by atoms with Gasteiger partial charge in [0.15, 0.2) is 11.5 Å². The molecule has 1 amide bonds.